The summed E-state index contributed by atoms with van der Waals surface area (Å²) >= 11 is 0. The SMILES string of the molecule is COc1ccc(CCC(C)C)cc1-c1ccc(O)c2c1CC1CC3CC(=O)C(C(N)=O)=C(O)C3(O)C(=O)C1=C2O. The fraction of sp³-hybridized carbons (Fsp3) is 0.387. The predicted molar refractivity (Wildman–Crippen MR) is 147 cm³/mol. The van der Waals surface area contributed by atoms with E-state index in [9.17, 15) is 34.8 Å². The first kappa shape index (κ1) is 27.5. The summed E-state index contributed by atoms with van der Waals surface area (Å²) < 4.78 is 5.66. The molecule has 210 valence electrons. The maximum absolute atomic E-state index is 13.7. The molecule has 3 atom stereocenters. The number of rotatable bonds is 6. The number of amides is 1. The minimum Gasteiger partial charge on any atom is -0.508 e. The van der Waals surface area contributed by atoms with Gasteiger partial charge in [-0.2, -0.15) is 0 Å². The van der Waals surface area contributed by atoms with E-state index in [1.807, 2.05) is 18.2 Å². The minimum absolute atomic E-state index is 0.0549. The fourth-order valence-electron chi connectivity index (χ4n) is 6.45. The highest BCUT2D eigenvalue weighted by Crippen LogP contribution is 2.53. The van der Waals surface area contributed by atoms with Crippen LogP contribution in [-0.4, -0.2) is 50.6 Å². The van der Waals surface area contributed by atoms with Crippen molar-refractivity contribution < 1.29 is 39.5 Å². The molecule has 0 aromatic heterocycles. The third kappa shape index (κ3) is 4.07. The summed E-state index contributed by atoms with van der Waals surface area (Å²) in [5.74, 6) is -5.37. The van der Waals surface area contributed by atoms with Crippen LogP contribution in [0.2, 0.25) is 0 Å². The zero-order chi connectivity index (χ0) is 29.1. The summed E-state index contributed by atoms with van der Waals surface area (Å²) in [5, 5.41) is 44.4. The number of phenolic OH excluding ortho intramolecular Hbond substituents is 1. The first-order valence-electron chi connectivity index (χ1n) is 13.4. The molecule has 0 bridgehead atoms. The Morgan fingerprint density at radius 1 is 1.10 bits per heavy atom. The van der Waals surface area contributed by atoms with Crippen LogP contribution >= 0.6 is 0 Å². The number of nitrogens with two attached hydrogens (primary N) is 1. The second-order valence-corrected chi connectivity index (χ2v) is 11.4. The lowest BCUT2D eigenvalue weighted by Gasteiger charge is -2.46. The Labute approximate surface area is 231 Å². The van der Waals surface area contributed by atoms with Gasteiger partial charge in [-0.05, 0) is 72.4 Å². The number of Topliss-reactive ketones (excluding diaryl/α,β-unsaturated/α-hetero) is 2. The number of aliphatic hydroxyl groups excluding tert-OH is 2. The fourth-order valence-corrected chi connectivity index (χ4v) is 6.45. The summed E-state index contributed by atoms with van der Waals surface area (Å²) in [5.41, 5.74) is 4.94. The number of ketones is 2. The number of fused-ring (bicyclic) bond motifs is 3. The summed E-state index contributed by atoms with van der Waals surface area (Å²) in [4.78, 5) is 38.2. The number of benzene rings is 2. The Hall–Kier alpha value is -4.11. The van der Waals surface area contributed by atoms with Crippen LogP contribution in [0.25, 0.3) is 16.9 Å². The van der Waals surface area contributed by atoms with E-state index < -0.39 is 52.0 Å². The molecule has 2 aromatic carbocycles. The molecule has 0 radical (unpaired) electrons. The largest absolute Gasteiger partial charge is 0.508 e. The number of primary amides is 1. The van der Waals surface area contributed by atoms with E-state index in [4.69, 9.17) is 10.5 Å². The van der Waals surface area contributed by atoms with Gasteiger partial charge in [0.2, 0.25) is 5.78 Å². The number of hydrogen-bond donors (Lipinski definition) is 5. The van der Waals surface area contributed by atoms with E-state index in [1.165, 1.54) is 6.07 Å². The maximum atomic E-state index is 13.7. The van der Waals surface area contributed by atoms with E-state index >= 15 is 0 Å². The zero-order valence-corrected chi connectivity index (χ0v) is 22.7. The van der Waals surface area contributed by atoms with Crippen molar-refractivity contribution in [3.63, 3.8) is 0 Å². The van der Waals surface area contributed by atoms with Gasteiger partial charge in [0.25, 0.3) is 5.91 Å². The number of carbonyl (C=O) groups excluding carboxylic acids is 3. The van der Waals surface area contributed by atoms with Crippen molar-refractivity contribution in [3.05, 3.63) is 63.9 Å². The van der Waals surface area contributed by atoms with Gasteiger partial charge in [-0.25, -0.2) is 0 Å². The Bertz CT molecular complexity index is 1520. The van der Waals surface area contributed by atoms with Crippen molar-refractivity contribution in [2.45, 2.75) is 51.6 Å². The molecule has 0 saturated heterocycles. The average molecular weight is 548 g/mol. The molecular weight excluding hydrogens is 514 g/mol. The number of methoxy groups -OCH3 is 1. The zero-order valence-electron chi connectivity index (χ0n) is 22.7. The van der Waals surface area contributed by atoms with Crippen molar-refractivity contribution in [2.24, 2.45) is 23.5 Å². The molecule has 5 rings (SSSR count). The summed E-state index contributed by atoms with van der Waals surface area (Å²) in [6.45, 7) is 4.31. The van der Waals surface area contributed by atoms with Crippen molar-refractivity contribution in [3.8, 4) is 22.6 Å². The third-order valence-corrected chi connectivity index (χ3v) is 8.51. The van der Waals surface area contributed by atoms with E-state index in [0.717, 1.165) is 24.0 Å². The third-order valence-electron chi connectivity index (χ3n) is 8.51. The normalized spacial score (nSPS) is 24.1. The van der Waals surface area contributed by atoms with Crippen LogP contribution in [0.4, 0.5) is 0 Å². The molecule has 1 amide bonds. The first-order valence-corrected chi connectivity index (χ1v) is 13.4. The van der Waals surface area contributed by atoms with Crippen LogP contribution in [0.5, 0.6) is 11.5 Å². The van der Waals surface area contributed by atoms with Gasteiger partial charge in [0.1, 0.15) is 28.6 Å². The van der Waals surface area contributed by atoms with Gasteiger partial charge in [-0.15, -0.1) is 0 Å². The average Bonchev–Trinajstić information content (AvgIpc) is 2.89. The Morgan fingerprint density at radius 2 is 1.82 bits per heavy atom. The molecule has 9 heteroatoms. The van der Waals surface area contributed by atoms with E-state index in [1.54, 1.807) is 13.2 Å². The van der Waals surface area contributed by atoms with Crippen LogP contribution in [0.3, 0.4) is 0 Å². The van der Waals surface area contributed by atoms with Crippen molar-refractivity contribution >= 4 is 23.2 Å². The van der Waals surface area contributed by atoms with Crippen LogP contribution in [0.15, 0.2) is 47.2 Å². The van der Waals surface area contributed by atoms with Crippen LogP contribution in [0, 0.1) is 17.8 Å². The van der Waals surface area contributed by atoms with Crippen molar-refractivity contribution in [2.75, 3.05) is 7.11 Å². The number of phenols is 1. The van der Waals surface area contributed by atoms with Crippen molar-refractivity contribution in [1.29, 1.82) is 0 Å². The Balaban J connectivity index is 1.67. The molecule has 2 aromatic rings. The molecule has 0 heterocycles. The van der Waals surface area contributed by atoms with Gasteiger partial charge in [0.05, 0.1) is 12.7 Å². The highest BCUT2D eigenvalue weighted by Gasteiger charge is 2.60. The van der Waals surface area contributed by atoms with Crippen LogP contribution in [-0.2, 0) is 27.2 Å². The number of aliphatic hydroxyl groups is 3. The highest BCUT2D eigenvalue weighted by atomic mass is 16.5. The summed E-state index contributed by atoms with van der Waals surface area (Å²) in [6.07, 6.45) is 1.79. The van der Waals surface area contributed by atoms with E-state index in [0.29, 0.717) is 22.8 Å². The van der Waals surface area contributed by atoms with Crippen LogP contribution < -0.4 is 10.5 Å². The lowest BCUT2D eigenvalue weighted by molar-refractivity contribution is -0.147. The summed E-state index contributed by atoms with van der Waals surface area (Å²) in [7, 11) is 1.57. The highest BCUT2D eigenvalue weighted by molar-refractivity contribution is 6.22. The minimum atomic E-state index is -2.59. The lowest BCUT2D eigenvalue weighted by atomic mass is 9.59. The molecule has 1 saturated carbocycles. The van der Waals surface area contributed by atoms with Crippen molar-refractivity contribution in [1.82, 2.24) is 0 Å². The molecule has 0 aliphatic heterocycles. The molecule has 3 aliphatic rings. The van der Waals surface area contributed by atoms with Gasteiger partial charge >= 0.3 is 0 Å². The molecule has 6 N–H and O–H groups in total. The number of aryl methyl sites for hydroxylation is 1. The lowest BCUT2D eigenvalue weighted by Crippen LogP contribution is -2.58. The van der Waals surface area contributed by atoms with E-state index in [2.05, 4.69) is 13.8 Å². The smallest absolute Gasteiger partial charge is 0.255 e. The number of aromatic hydroxyl groups is 1. The number of carbonyl (C=O) groups is 3. The van der Waals surface area contributed by atoms with Crippen LogP contribution in [0.1, 0.15) is 49.8 Å². The van der Waals surface area contributed by atoms with Gasteiger partial charge in [-0.1, -0.05) is 26.0 Å². The van der Waals surface area contributed by atoms with E-state index in [-0.39, 0.29) is 36.1 Å². The second kappa shape index (κ2) is 9.82. The van der Waals surface area contributed by atoms with Gasteiger partial charge in [0.15, 0.2) is 11.4 Å². The topological polar surface area (TPSA) is 167 Å². The molecule has 40 heavy (non-hydrogen) atoms. The first-order chi connectivity index (χ1) is 18.9. The molecule has 0 spiro atoms. The van der Waals surface area contributed by atoms with Gasteiger partial charge in [-0.3, -0.25) is 14.4 Å². The monoisotopic (exact) mass is 547 g/mol. The van der Waals surface area contributed by atoms with Gasteiger partial charge < -0.3 is 30.9 Å². The molecule has 3 aliphatic carbocycles. The molecular formula is C31H33NO8. The molecule has 9 nitrogen and oxygen atoms in total. The summed E-state index contributed by atoms with van der Waals surface area (Å²) in [6, 6.07) is 9.10. The predicted octanol–water partition coefficient (Wildman–Crippen LogP) is 3.69. The number of hydrogen-bond acceptors (Lipinski definition) is 8. The molecule has 3 unspecified atom stereocenters. The Kier molecular flexibility index (Phi) is 6.74. The quantitative estimate of drug-likeness (QED) is 0.341. The number of ether oxygens (including phenoxy) is 1. The maximum Gasteiger partial charge on any atom is 0.255 e. The standard InChI is InChI=1S/C31H33NO8/c1-14(2)4-5-15-6-9-23(40-3)19(10-15)18-7-8-21(33)25-20(18)12-16-11-17-13-22(34)26(30(32)38)29(37)31(17,39)28(36)24(16)27(25)35/h6-10,14,16-17,33,35,37,39H,4-5,11-13H2,1-3H3,(H2,32,38). The Morgan fingerprint density at radius 3 is 2.48 bits per heavy atom. The van der Waals surface area contributed by atoms with Gasteiger partial charge in [0, 0.05) is 23.5 Å². The second-order valence-electron chi connectivity index (χ2n) is 11.4. The molecule has 1 fully saturated rings.